The van der Waals surface area contributed by atoms with Crippen molar-refractivity contribution >= 4 is 5.91 Å². The van der Waals surface area contributed by atoms with Crippen LogP contribution in [-0.4, -0.2) is 36.0 Å². The van der Waals surface area contributed by atoms with Gasteiger partial charge >= 0.3 is 0 Å². The third-order valence-corrected chi connectivity index (χ3v) is 4.51. The molecule has 3 heteroatoms. The molecule has 0 atom stereocenters. The van der Waals surface area contributed by atoms with Gasteiger partial charge in [0.2, 0.25) is 5.91 Å². The molecule has 1 aliphatic heterocycles. The van der Waals surface area contributed by atoms with Crippen molar-refractivity contribution < 1.29 is 4.79 Å². The summed E-state index contributed by atoms with van der Waals surface area (Å²) in [6.45, 7) is 8.78. The zero-order valence-corrected chi connectivity index (χ0v) is 13.6. The monoisotopic (exact) mass is 288 g/mol. The predicted octanol–water partition coefficient (Wildman–Crippen LogP) is 2.92. The number of carbonyl (C=O) groups excluding carboxylic acids is 1. The van der Waals surface area contributed by atoms with Gasteiger partial charge in [0.15, 0.2) is 0 Å². The van der Waals surface area contributed by atoms with Gasteiger partial charge in [-0.1, -0.05) is 24.3 Å². The Morgan fingerprint density at radius 1 is 1.29 bits per heavy atom. The fourth-order valence-corrected chi connectivity index (χ4v) is 3.00. The Hall–Kier alpha value is -1.35. The molecule has 0 spiro atoms. The van der Waals surface area contributed by atoms with Gasteiger partial charge in [0.05, 0.1) is 0 Å². The van der Waals surface area contributed by atoms with Crippen LogP contribution < -0.4 is 5.32 Å². The summed E-state index contributed by atoms with van der Waals surface area (Å²) in [5, 5.41) is 3.20. The zero-order chi connectivity index (χ0) is 15.2. The van der Waals surface area contributed by atoms with Gasteiger partial charge in [0, 0.05) is 31.6 Å². The van der Waals surface area contributed by atoms with Crippen LogP contribution >= 0.6 is 0 Å². The van der Waals surface area contributed by atoms with Crippen molar-refractivity contribution in [2.24, 2.45) is 0 Å². The Balaban J connectivity index is 1.72. The largest absolute Gasteiger partial charge is 0.353 e. The minimum Gasteiger partial charge on any atom is -0.353 e. The van der Waals surface area contributed by atoms with Crippen molar-refractivity contribution in [2.45, 2.75) is 58.5 Å². The van der Waals surface area contributed by atoms with E-state index in [-0.39, 0.29) is 5.91 Å². The molecule has 1 aromatic carbocycles. The number of nitrogens with zero attached hydrogens (tertiary/aromatic N) is 1. The highest BCUT2D eigenvalue weighted by molar-refractivity contribution is 5.76. The number of carbonyl (C=O) groups is 1. The Bertz CT molecular complexity index is 462. The average Bonchev–Trinajstić information content (AvgIpc) is 2.47. The van der Waals surface area contributed by atoms with Crippen molar-refractivity contribution in [3.63, 3.8) is 0 Å². The number of amides is 1. The van der Waals surface area contributed by atoms with E-state index in [1.54, 1.807) is 0 Å². The standard InChI is InChI=1S/C18H28N2O/c1-14(2)20-12-10-17(11-13-20)19-18(21)9-8-16-7-5-4-6-15(16)3/h4-7,14,17H,8-13H2,1-3H3,(H,19,21). The van der Waals surface area contributed by atoms with E-state index in [9.17, 15) is 4.79 Å². The van der Waals surface area contributed by atoms with E-state index in [2.05, 4.69) is 43.1 Å². The maximum Gasteiger partial charge on any atom is 0.220 e. The van der Waals surface area contributed by atoms with Gasteiger partial charge in [-0.2, -0.15) is 0 Å². The van der Waals surface area contributed by atoms with Gasteiger partial charge in [0.1, 0.15) is 0 Å². The lowest BCUT2D eigenvalue weighted by atomic mass is 10.0. The summed E-state index contributed by atoms with van der Waals surface area (Å²) in [7, 11) is 0. The molecule has 1 aromatic rings. The topological polar surface area (TPSA) is 32.3 Å². The highest BCUT2D eigenvalue weighted by atomic mass is 16.1. The van der Waals surface area contributed by atoms with Gasteiger partial charge in [-0.3, -0.25) is 4.79 Å². The maximum absolute atomic E-state index is 12.1. The molecule has 1 fully saturated rings. The fourth-order valence-electron chi connectivity index (χ4n) is 3.00. The molecule has 0 aromatic heterocycles. The van der Waals surface area contributed by atoms with Crippen LogP contribution in [0.25, 0.3) is 0 Å². The van der Waals surface area contributed by atoms with Gasteiger partial charge in [-0.05, 0) is 51.2 Å². The van der Waals surface area contributed by atoms with E-state index >= 15 is 0 Å². The normalized spacial score (nSPS) is 17.1. The predicted molar refractivity (Wildman–Crippen MR) is 87.4 cm³/mol. The second kappa shape index (κ2) is 7.60. The minimum atomic E-state index is 0.196. The average molecular weight is 288 g/mol. The summed E-state index contributed by atoms with van der Waals surface area (Å²) in [4.78, 5) is 14.6. The Kier molecular flexibility index (Phi) is 5.80. The molecule has 0 radical (unpaired) electrons. The van der Waals surface area contributed by atoms with Gasteiger partial charge in [-0.25, -0.2) is 0 Å². The van der Waals surface area contributed by atoms with Crippen LogP contribution in [0.4, 0.5) is 0 Å². The summed E-state index contributed by atoms with van der Waals surface area (Å²) in [6, 6.07) is 9.29. The van der Waals surface area contributed by atoms with Crippen LogP contribution in [-0.2, 0) is 11.2 Å². The molecule has 1 heterocycles. The number of piperidine rings is 1. The number of nitrogens with one attached hydrogen (secondary N) is 1. The molecule has 0 aliphatic carbocycles. The van der Waals surface area contributed by atoms with Gasteiger partial charge < -0.3 is 10.2 Å². The van der Waals surface area contributed by atoms with Crippen molar-refractivity contribution in [1.82, 2.24) is 10.2 Å². The Morgan fingerprint density at radius 3 is 2.57 bits per heavy atom. The van der Waals surface area contributed by atoms with E-state index in [0.717, 1.165) is 32.4 Å². The molecule has 116 valence electrons. The van der Waals surface area contributed by atoms with Crippen molar-refractivity contribution in [3.8, 4) is 0 Å². The fraction of sp³-hybridized carbons (Fsp3) is 0.611. The zero-order valence-electron chi connectivity index (χ0n) is 13.6. The summed E-state index contributed by atoms with van der Waals surface area (Å²) in [5.74, 6) is 0.196. The molecular formula is C18H28N2O. The van der Waals surface area contributed by atoms with Crippen molar-refractivity contribution in [2.75, 3.05) is 13.1 Å². The number of benzene rings is 1. The third kappa shape index (κ3) is 4.85. The first-order chi connectivity index (χ1) is 10.1. The number of likely N-dealkylation sites (tertiary alicyclic amines) is 1. The molecule has 1 saturated heterocycles. The van der Waals surface area contributed by atoms with Crippen LogP contribution in [0, 0.1) is 6.92 Å². The minimum absolute atomic E-state index is 0.196. The van der Waals surface area contributed by atoms with Crippen molar-refractivity contribution in [1.29, 1.82) is 0 Å². The van der Waals surface area contributed by atoms with E-state index in [0.29, 0.717) is 18.5 Å². The second-order valence-corrected chi connectivity index (χ2v) is 6.40. The summed E-state index contributed by atoms with van der Waals surface area (Å²) < 4.78 is 0. The molecular weight excluding hydrogens is 260 g/mol. The molecule has 21 heavy (non-hydrogen) atoms. The van der Waals surface area contributed by atoms with Crippen LogP contribution in [0.2, 0.25) is 0 Å². The third-order valence-electron chi connectivity index (χ3n) is 4.51. The first kappa shape index (κ1) is 16.0. The molecule has 0 saturated carbocycles. The van der Waals surface area contributed by atoms with Gasteiger partial charge in [0.25, 0.3) is 0 Å². The second-order valence-electron chi connectivity index (χ2n) is 6.40. The quantitative estimate of drug-likeness (QED) is 0.903. The molecule has 0 unspecified atom stereocenters. The maximum atomic E-state index is 12.1. The lowest BCUT2D eigenvalue weighted by Crippen LogP contribution is -2.46. The number of hydrogen-bond acceptors (Lipinski definition) is 2. The molecule has 1 amide bonds. The Labute approximate surface area is 128 Å². The first-order valence-corrected chi connectivity index (χ1v) is 8.14. The van der Waals surface area contributed by atoms with Crippen LogP contribution in [0.1, 0.15) is 44.2 Å². The smallest absolute Gasteiger partial charge is 0.220 e. The molecule has 2 rings (SSSR count). The molecule has 3 nitrogen and oxygen atoms in total. The lowest BCUT2D eigenvalue weighted by molar-refractivity contribution is -0.122. The first-order valence-electron chi connectivity index (χ1n) is 8.14. The number of rotatable bonds is 5. The van der Waals surface area contributed by atoms with E-state index in [1.165, 1.54) is 11.1 Å². The number of hydrogen-bond donors (Lipinski definition) is 1. The van der Waals surface area contributed by atoms with Crippen LogP contribution in [0.3, 0.4) is 0 Å². The summed E-state index contributed by atoms with van der Waals surface area (Å²) in [5.41, 5.74) is 2.55. The highest BCUT2D eigenvalue weighted by Crippen LogP contribution is 2.14. The SMILES string of the molecule is Cc1ccccc1CCC(=O)NC1CCN(C(C)C)CC1. The molecule has 1 aliphatic rings. The molecule has 0 bridgehead atoms. The summed E-state index contributed by atoms with van der Waals surface area (Å²) in [6.07, 6.45) is 3.58. The van der Waals surface area contributed by atoms with E-state index < -0.39 is 0 Å². The number of aryl methyl sites for hydroxylation is 2. The lowest BCUT2D eigenvalue weighted by Gasteiger charge is -2.34. The van der Waals surface area contributed by atoms with E-state index in [1.807, 2.05) is 12.1 Å². The van der Waals surface area contributed by atoms with Crippen LogP contribution in [0.15, 0.2) is 24.3 Å². The van der Waals surface area contributed by atoms with Gasteiger partial charge in [-0.15, -0.1) is 0 Å². The highest BCUT2D eigenvalue weighted by Gasteiger charge is 2.21. The van der Waals surface area contributed by atoms with Crippen LogP contribution in [0.5, 0.6) is 0 Å². The summed E-state index contributed by atoms with van der Waals surface area (Å²) >= 11 is 0. The Morgan fingerprint density at radius 2 is 1.95 bits per heavy atom. The van der Waals surface area contributed by atoms with Crippen molar-refractivity contribution in [3.05, 3.63) is 35.4 Å². The molecule has 1 N–H and O–H groups in total. The van der Waals surface area contributed by atoms with E-state index in [4.69, 9.17) is 0 Å².